The molecule has 1 aliphatic carbocycles. The summed E-state index contributed by atoms with van der Waals surface area (Å²) in [6.45, 7) is 2.76. The Bertz CT molecular complexity index is 467. The highest BCUT2D eigenvalue weighted by Crippen LogP contribution is 2.23. The molecule has 0 aromatic heterocycles. The summed E-state index contributed by atoms with van der Waals surface area (Å²) in [5.74, 6) is 0.121. The minimum absolute atomic E-state index is 0.0103. The largest absolute Gasteiger partial charge is 0.354 e. The second kappa shape index (κ2) is 7.81. The molecule has 0 atom stereocenters. The molecule has 0 unspecified atom stereocenters. The maximum atomic E-state index is 11.9. The molecule has 4 heteroatoms. The predicted molar refractivity (Wildman–Crippen MR) is 82.8 cm³/mol. The SMILES string of the molecule is CC(=O)N(CCNC(=O)Cc1ccccc1)C1CCCC1. The van der Waals surface area contributed by atoms with E-state index in [1.807, 2.05) is 35.2 Å². The van der Waals surface area contributed by atoms with E-state index in [1.165, 1.54) is 12.8 Å². The van der Waals surface area contributed by atoms with Crippen molar-refractivity contribution in [3.63, 3.8) is 0 Å². The normalized spacial score (nSPS) is 14.9. The zero-order valence-corrected chi connectivity index (χ0v) is 12.7. The van der Waals surface area contributed by atoms with Crippen LogP contribution in [0.4, 0.5) is 0 Å². The van der Waals surface area contributed by atoms with Crippen LogP contribution in [0.3, 0.4) is 0 Å². The van der Waals surface area contributed by atoms with Crippen LogP contribution >= 0.6 is 0 Å². The van der Waals surface area contributed by atoms with Crippen molar-refractivity contribution in [3.8, 4) is 0 Å². The summed E-state index contributed by atoms with van der Waals surface area (Å²) in [6.07, 6.45) is 4.99. The van der Waals surface area contributed by atoms with Crippen LogP contribution in [0.15, 0.2) is 30.3 Å². The predicted octanol–water partition coefficient (Wildman–Crippen LogP) is 2.14. The summed E-state index contributed by atoms with van der Waals surface area (Å²) < 4.78 is 0. The molecule has 0 spiro atoms. The fourth-order valence-corrected chi connectivity index (χ4v) is 2.97. The number of carbonyl (C=O) groups excluding carboxylic acids is 2. The fraction of sp³-hybridized carbons (Fsp3) is 0.529. The number of benzene rings is 1. The van der Waals surface area contributed by atoms with Crippen molar-refractivity contribution in [2.75, 3.05) is 13.1 Å². The highest BCUT2D eigenvalue weighted by Gasteiger charge is 2.24. The smallest absolute Gasteiger partial charge is 0.224 e. The van der Waals surface area contributed by atoms with Crippen LogP contribution in [0.25, 0.3) is 0 Å². The molecule has 114 valence electrons. The number of hydrogen-bond donors (Lipinski definition) is 1. The molecule has 1 fully saturated rings. The molecule has 0 radical (unpaired) electrons. The van der Waals surface area contributed by atoms with Crippen molar-refractivity contribution in [3.05, 3.63) is 35.9 Å². The first-order valence-electron chi connectivity index (χ1n) is 7.74. The Kier molecular flexibility index (Phi) is 5.78. The van der Waals surface area contributed by atoms with Crippen molar-refractivity contribution < 1.29 is 9.59 Å². The minimum Gasteiger partial charge on any atom is -0.354 e. The second-order valence-corrected chi connectivity index (χ2v) is 5.66. The van der Waals surface area contributed by atoms with E-state index in [9.17, 15) is 9.59 Å². The first-order chi connectivity index (χ1) is 10.2. The van der Waals surface area contributed by atoms with Gasteiger partial charge in [-0.1, -0.05) is 43.2 Å². The van der Waals surface area contributed by atoms with Crippen molar-refractivity contribution in [2.24, 2.45) is 0 Å². The topological polar surface area (TPSA) is 49.4 Å². The number of rotatable bonds is 6. The Morgan fingerprint density at radius 2 is 1.86 bits per heavy atom. The maximum Gasteiger partial charge on any atom is 0.224 e. The summed E-state index contributed by atoms with van der Waals surface area (Å²) in [5.41, 5.74) is 1.01. The van der Waals surface area contributed by atoms with E-state index in [0.29, 0.717) is 25.6 Å². The van der Waals surface area contributed by atoms with Crippen LogP contribution < -0.4 is 5.32 Å². The second-order valence-electron chi connectivity index (χ2n) is 5.66. The molecule has 1 aliphatic rings. The van der Waals surface area contributed by atoms with Gasteiger partial charge in [0.2, 0.25) is 11.8 Å². The van der Waals surface area contributed by atoms with Gasteiger partial charge in [-0.2, -0.15) is 0 Å². The van der Waals surface area contributed by atoms with E-state index >= 15 is 0 Å². The lowest BCUT2D eigenvalue weighted by Crippen LogP contribution is -2.42. The van der Waals surface area contributed by atoms with Crippen LogP contribution in [-0.2, 0) is 16.0 Å². The molecule has 2 amide bonds. The Morgan fingerprint density at radius 3 is 2.48 bits per heavy atom. The van der Waals surface area contributed by atoms with Crippen LogP contribution in [0, 0.1) is 0 Å². The standard InChI is InChI=1S/C17H24N2O2/c1-14(20)19(16-9-5-6-10-16)12-11-18-17(21)13-15-7-3-2-4-8-15/h2-4,7-8,16H,5-6,9-13H2,1H3,(H,18,21). The third-order valence-corrected chi connectivity index (χ3v) is 4.05. The highest BCUT2D eigenvalue weighted by molar-refractivity contribution is 5.78. The van der Waals surface area contributed by atoms with Crippen LogP contribution in [0.1, 0.15) is 38.2 Å². The molecule has 1 N–H and O–H groups in total. The van der Waals surface area contributed by atoms with Crippen molar-refractivity contribution >= 4 is 11.8 Å². The van der Waals surface area contributed by atoms with Crippen LogP contribution in [0.5, 0.6) is 0 Å². The maximum absolute atomic E-state index is 11.9. The highest BCUT2D eigenvalue weighted by atomic mass is 16.2. The van der Waals surface area contributed by atoms with Crippen molar-refractivity contribution in [1.29, 1.82) is 0 Å². The molecule has 1 saturated carbocycles. The van der Waals surface area contributed by atoms with Crippen molar-refractivity contribution in [2.45, 2.75) is 45.1 Å². The Morgan fingerprint density at radius 1 is 1.19 bits per heavy atom. The van der Waals surface area contributed by atoms with E-state index in [-0.39, 0.29) is 11.8 Å². The van der Waals surface area contributed by atoms with Gasteiger partial charge in [0.25, 0.3) is 0 Å². The lowest BCUT2D eigenvalue weighted by molar-refractivity contribution is -0.131. The average molecular weight is 288 g/mol. The van der Waals surface area contributed by atoms with Crippen LogP contribution in [0.2, 0.25) is 0 Å². The molecule has 1 aromatic rings. The molecular formula is C17H24N2O2. The van der Waals surface area contributed by atoms with Gasteiger partial charge in [-0.05, 0) is 18.4 Å². The van der Waals surface area contributed by atoms with E-state index in [0.717, 1.165) is 18.4 Å². The molecule has 0 bridgehead atoms. The summed E-state index contributed by atoms with van der Waals surface area (Å²) in [6, 6.07) is 10.1. The first-order valence-corrected chi connectivity index (χ1v) is 7.74. The summed E-state index contributed by atoms with van der Waals surface area (Å²) in [5, 5.41) is 2.91. The van der Waals surface area contributed by atoms with Gasteiger partial charge in [-0.25, -0.2) is 0 Å². The number of carbonyl (C=O) groups is 2. The molecule has 4 nitrogen and oxygen atoms in total. The molecule has 2 rings (SSSR count). The summed E-state index contributed by atoms with van der Waals surface area (Å²) in [7, 11) is 0. The van der Waals surface area contributed by atoms with E-state index in [1.54, 1.807) is 6.92 Å². The summed E-state index contributed by atoms with van der Waals surface area (Å²) in [4.78, 5) is 25.5. The Labute approximate surface area is 126 Å². The van der Waals surface area contributed by atoms with Crippen molar-refractivity contribution in [1.82, 2.24) is 10.2 Å². The van der Waals surface area contributed by atoms with Crippen LogP contribution in [-0.4, -0.2) is 35.8 Å². The van der Waals surface area contributed by atoms with Gasteiger partial charge < -0.3 is 10.2 Å². The van der Waals surface area contributed by atoms with Gasteiger partial charge in [0.05, 0.1) is 6.42 Å². The third-order valence-electron chi connectivity index (χ3n) is 4.05. The zero-order chi connectivity index (χ0) is 15.1. The Balaban J connectivity index is 1.74. The zero-order valence-electron chi connectivity index (χ0n) is 12.7. The molecule has 21 heavy (non-hydrogen) atoms. The van der Waals surface area contributed by atoms with Gasteiger partial charge in [-0.15, -0.1) is 0 Å². The van der Waals surface area contributed by atoms with E-state index in [4.69, 9.17) is 0 Å². The molecule has 0 heterocycles. The third kappa shape index (κ3) is 4.88. The van der Waals surface area contributed by atoms with Gasteiger partial charge in [0.15, 0.2) is 0 Å². The summed E-state index contributed by atoms with van der Waals surface area (Å²) >= 11 is 0. The molecule has 1 aromatic carbocycles. The first kappa shape index (κ1) is 15.5. The van der Waals surface area contributed by atoms with Gasteiger partial charge in [-0.3, -0.25) is 9.59 Å². The van der Waals surface area contributed by atoms with Gasteiger partial charge in [0, 0.05) is 26.1 Å². The van der Waals surface area contributed by atoms with Gasteiger partial charge in [0.1, 0.15) is 0 Å². The van der Waals surface area contributed by atoms with Gasteiger partial charge >= 0.3 is 0 Å². The minimum atomic E-state index is 0.0103. The van der Waals surface area contributed by atoms with E-state index < -0.39 is 0 Å². The average Bonchev–Trinajstić information content (AvgIpc) is 2.98. The molecule has 0 aliphatic heterocycles. The molecular weight excluding hydrogens is 264 g/mol. The Hall–Kier alpha value is -1.84. The van der Waals surface area contributed by atoms with E-state index in [2.05, 4.69) is 5.32 Å². The monoisotopic (exact) mass is 288 g/mol. The number of hydrogen-bond acceptors (Lipinski definition) is 2. The number of nitrogens with one attached hydrogen (secondary N) is 1. The number of amides is 2. The lowest BCUT2D eigenvalue weighted by atomic mass is 10.1. The quantitative estimate of drug-likeness (QED) is 0.872. The fourth-order valence-electron chi connectivity index (χ4n) is 2.97. The number of nitrogens with zero attached hydrogens (tertiary/aromatic N) is 1. The molecule has 0 saturated heterocycles. The lowest BCUT2D eigenvalue weighted by Gasteiger charge is -2.27.